The third kappa shape index (κ3) is 5.12. The molecule has 0 aliphatic carbocycles. The van der Waals surface area contributed by atoms with E-state index in [1.807, 2.05) is 18.3 Å². The Labute approximate surface area is 127 Å². The number of hydrogen-bond donors (Lipinski definition) is 1. The molecule has 21 heavy (non-hydrogen) atoms. The van der Waals surface area contributed by atoms with E-state index in [0.717, 1.165) is 31.6 Å². The molecule has 0 radical (unpaired) electrons. The van der Waals surface area contributed by atoms with Gasteiger partial charge in [0.1, 0.15) is 0 Å². The molecule has 4 heteroatoms. The molecule has 2 heterocycles. The highest BCUT2D eigenvalue weighted by molar-refractivity contribution is 5.77. The van der Waals surface area contributed by atoms with E-state index in [1.165, 1.54) is 0 Å². The second kappa shape index (κ2) is 7.03. The minimum absolute atomic E-state index is 0.000747. The van der Waals surface area contributed by atoms with Crippen molar-refractivity contribution in [3.63, 3.8) is 0 Å². The number of nitrogens with zero attached hydrogens (tertiary/aromatic N) is 1. The third-order valence-corrected chi connectivity index (χ3v) is 3.79. The van der Waals surface area contributed by atoms with E-state index in [0.29, 0.717) is 12.3 Å². The molecular formula is C17H26N2O2. The van der Waals surface area contributed by atoms with Crippen LogP contribution in [0.15, 0.2) is 24.5 Å². The summed E-state index contributed by atoms with van der Waals surface area (Å²) < 4.78 is 5.44. The smallest absolute Gasteiger partial charge is 0.221 e. The molecule has 1 aromatic rings. The molecule has 4 nitrogen and oxygen atoms in total. The lowest BCUT2D eigenvalue weighted by Crippen LogP contribution is -2.37. The van der Waals surface area contributed by atoms with Crippen LogP contribution < -0.4 is 5.32 Å². The number of hydrogen-bond acceptors (Lipinski definition) is 3. The Hall–Kier alpha value is -1.42. The maximum absolute atomic E-state index is 12.3. The Kier molecular flexibility index (Phi) is 5.34. The van der Waals surface area contributed by atoms with Crippen molar-refractivity contribution >= 4 is 5.91 Å². The molecular weight excluding hydrogens is 264 g/mol. The van der Waals surface area contributed by atoms with Gasteiger partial charge in [-0.15, -0.1) is 0 Å². The van der Waals surface area contributed by atoms with Gasteiger partial charge >= 0.3 is 0 Å². The number of nitrogens with one attached hydrogen (secondary N) is 1. The van der Waals surface area contributed by atoms with Crippen molar-refractivity contribution in [3.8, 4) is 0 Å². The number of ether oxygens (including phenoxy) is 1. The fraction of sp³-hybridized carbons (Fsp3) is 0.647. The van der Waals surface area contributed by atoms with E-state index in [4.69, 9.17) is 4.74 Å². The fourth-order valence-corrected chi connectivity index (χ4v) is 2.79. The van der Waals surface area contributed by atoms with Crippen molar-refractivity contribution in [3.05, 3.63) is 30.1 Å². The SMILES string of the molecule is CC(C)(C)CC(=O)NC(c1cccnc1)C1CCOCC1. The molecule has 2 rings (SSSR count). The number of carbonyl (C=O) groups excluding carboxylic acids is 1. The predicted octanol–water partition coefficient (Wildman–Crippen LogP) is 3.10. The van der Waals surface area contributed by atoms with Crippen LogP contribution in [-0.4, -0.2) is 24.1 Å². The van der Waals surface area contributed by atoms with Crippen LogP contribution >= 0.6 is 0 Å². The maximum atomic E-state index is 12.3. The zero-order valence-electron chi connectivity index (χ0n) is 13.3. The molecule has 1 amide bonds. The molecule has 0 saturated carbocycles. The first-order valence-corrected chi connectivity index (χ1v) is 7.73. The summed E-state index contributed by atoms with van der Waals surface area (Å²) in [7, 11) is 0. The topological polar surface area (TPSA) is 51.2 Å². The Morgan fingerprint density at radius 2 is 2.14 bits per heavy atom. The molecule has 1 aliphatic heterocycles. The van der Waals surface area contributed by atoms with E-state index >= 15 is 0 Å². The molecule has 1 atom stereocenters. The quantitative estimate of drug-likeness (QED) is 0.927. The summed E-state index contributed by atoms with van der Waals surface area (Å²) in [6.45, 7) is 7.80. The zero-order chi connectivity index (χ0) is 15.3. The molecule has 0 aromatic carbocycles. The van der Waals surface area contributed by atoms with Gasteiger partial charge in [0.2, 0.25) is 5.91 Å². The molecule has 1 unspecified atom stereocenters. The van der Waals surface area contributed by atoms with Gasteiger partial charge in [-0.2, -0.15) is 0 Å². The van der Waals surface area contributed by atoms with Crippen LogP contribution in [-0.2, 0) is 9.53 Å². The van der Waals surface area contributed by atoms with Gasteiger partial charge in [0.15, 0.2) is 0 Å². The number of carbonyl (C=O) groups is 1. The van der Waals surface area contributed by atoms with Gasteiger partial charge in [0.25, 0.3) is 0 Å². The fourth-order valence-electron chi connectivity index (χ4n) is 2.79. The van der Waals surface area contributed by atoms with Crippen LogP contribution in [0, 0.1) is 11.3 Å². The van der Waals surface area contributed by atoms with Crippen LogP contribution in [0.3, 0.4) is 0 Å². The second-order valence-corrected chi connectivity index (χ2v) is 7.02. The molecule has 1 saturated heterocycles. The Bertz CT molecular complexity index is 448. The third-order valence-electron chi connectivity index (χ3n) is 3.79. The summed E-state index contributed by atoms with van der Waals surface area (Å²) in [5.74, 6) is 0.537. The summed E-state index contributed by atoms with van der Waals surface area (Å²) in [6.07, 6.45) is 6.12. The normalized spacial score (nSPS) is 18.2. The predicted molar refractivity (Wildman–Crippen MR) is 82.7 cm³/mol. The van der Waals surface area contributed by atoms with E-state index in [9.17, 15) is 4.79 Å². The van der Waals surface area contributed by atoms with Gasteiger partial charge in [0.05, 0.1) is 6.04 Å². The van der Waals surface area contributed by atoms with Crippen LogP contribution in [0.5, 0.6) is 0 Å². The number of rotatable bonds is 4. The van der Waals surface area contributed by atoms with Gasteiger partial charge < -0.3 is 10.1 Å². The van der Waals surface area contributed by atoms with Crippen molar-refractivity contribution in [2.45, 2.75) is 46.1 Å². The number of pyridine rings is 1. The average Bonchev–Trinajstić information content (AvgIpc) is 2.45. The van der Waals surface area contributed by atoms with Crippen molar-refractivity contribution in [1.82, 2.24) is 10.3 Å². The van der Waals surface area contributed by atoms with E-state index in [1.54, 1.807) is 6.20 Å². The molecule has 1 N–H and O–H groups in total. The van der Waals surface area contributed by atoms with Crippen LogP contribution in [0.4, 0.5) is 0 Å². The van der Waals surface area contributed by atoms with Gasteiger partial charge in [0, 0.05) is 32.0 Å². The molecule has 116 valence electrons. The van der Waals surface area contributed by atoms with Gasteiger partial charge in [-0.1, -0.05) is 26.8 Å². The van der Waals surface area contributed by atoms with Crippen LogP contribution in [0.1, 0.15) is 51.6 Å². The summed E-state index contributed by atoms with van der Waals surface area (Å²) in [5.41, 5.74) is 1.09. The van der Waals surface area contributed by atoms with Crippen LogP contribution in [0.2, 0.25) is 0 Å². The van der Waals surface area contributed by atoms with E-state index < -0.39 is 0 Å². The highest BCUT2D eigenvalue weighted by Gasteiger charge is 2.28. The van der Waals surface area contributed by atoms with Crippen molar-refractivity contribution < 1.29 is 9.53 Å². The number of aromatic nitrogens is 1. The molecule has 1 aliphatic rings. The maximum Gasteiger partial charge on any atom is 0.221 e. The summed E-state index contributed by atoms with van der Waals surface area (Å²) in [5, 5.41) is 3.23. The molecule has 0 spiro atoms. The lowest BCUT2D eigenvalue weighted by atomic mass is 9.86. The van der Waals surface area contributed by atoms with Gasteiger partial charge in [-0.05, 0) is 35.8 Å². The zero-order valence-corrected chi connectivity index (χ0v) is 13.3. The average molecular weight is 290 g/mol. The highest BCUT2D eigenvalue weighted by atomic mass is 16.5. The summed E-state index contributed by atoms with van der Waals surface area (Å²) in [4.78, 5) is 16.5. The number of amides is 1. The summed E-state index contributed by atoms with van der Waals surface area (Å²) >= 11 is 0. The minimum Gasteiger partial charge on any atom is -0.381 e. The lowest BCUT2D eigenvalue weighted by Gasteiger charge is -2.32. The Morgan fingerprint density at radius 3 is 2.71 bits per heavy atom. The van der Waals surface area contributed by atoms with E-state index in [-0.39, 0.29) is 17.4 Å². The van der Waals surface area contributed by atoms with Gasteiger partial charge in [-0.3, -0.25) is 9.78 Å². The van der Waals surface area contributed by atoms with Crippen molar-refractivity contribution in [2.75, 3.05) is 13.2 Å². The van der Waals surface area contributed by atoms with Crippen LogP contribution in [0.25, 0.3) is 0 Å². The summed E-state index contributed by atoms with van der Waals surface area (Å²) in [6, 6.07) is 4.01. The first-order chi connectivity index (χ1) is 9.96. The standard InChI is InChI=1S/C17H26N2O2/c1-17(2,3)11-15(20)19-16(13-6-9-21-10-7-13)14-5-4-8-18-12-14/h4-5,8,12-13,16H,6-7,9-11H2,1-3H3,(H,19,20). The Balaban J connectivity index is 2.10. The first-order valence-electron chi connectivity index (χ1n) is 7.73. The second-order valence-electron chi connectivity index (χ2n) is 7.02. The van der Waals surface area contributed by atoms with Crippen molar-refractivity contribution in [2.24, 2.45) is 11.3 Å². The Morgan fingerprint density at radius 1 is 1.43 bits per heavy atom. The first kappa shape index (κ1) is 16.0. The molecule has 1 aromatic heterocycles. The van der Waals surface area contributed by atoms with E-state index in [2.05, 4.69) is 31.1 Å². The van der Waals surface area contributed by atoms with Gasteiger partial charge in [-0.25, -0.2) is 0 Å². The lowest BCUT2D eigenvalue weighted by molar-refractivity contribution is -0.124. The molecule has 1 fully saturated rings. The monoisotopic (exact) mass is 290 g/mol. The van der Waals surface area contributed by atoms with Crippen molar-refractivity contribution in [1.29, 1.82) is 0 Å². The highest BCUT2D eigenvalue weighted by Crippen LogP contribution is 2.30. The largest absolute Gasteiger partial charge is 0.381 e. The minimum atomic E-state index is -0.000747. The molecule has 0 bridgehead atoms.